The number of fused-ring (bicyclic) bond motifs is 1. The van der Waals surface area contributed by atoms with E-state index in [4.69, 9.17) is 10.0 Å². The van der Waals surface area contributed by atoms with E-state index in [-0.39, 0.29) is 5.43 Å². The first kappa shape index (κ1) is 13.6. The van der Waals surface area contributed by atoms with E-state index in [0.29, 0.717) is 17.4 Å². The van der Waals surface area contributed by atoms with Gasteiger partial charge in [-0.1, -0.05) is 36.4 Å². The molecule has 0 aliphatic carbocycles. The van der Waals surface area contributed by atoms with Crippen molar-refractivity contribution in [3.8, 4) is 0 Å². The van der Waals surface area contributed by atoms with Gasteiger partial charge in [0, 0.05) is 24.2 Å². The molecule has 0 saturated heterocycles. The van der Waals surface area contributed by atoms with Gasteiger partial charge in [-0.3, -0.25) is 4.79 Å². The van der Waals surface area contributed by atoms with Crippen LogP contribution >= 0.6 is 0 Å². The molecule has 0 aliphatic heterocycles. The summed E-state index contributed by atoms with van der Waals surface area (Å²) in [5, 5.41) is 18.9. The van der Waals surface area contributed by atoms with Gasteiger partial charge in [0.25, 0.3) is 0 Å². The van der Waals surface area contributed by atoms with Crippen molar-refractivity contribution < 1.29 is 10.0 Å². The fourth-order valence-corrected chi connectivity index (χ4v) is 2.39. The van der Waals surface area contributed by atoms with Crippen LogP contribution in [0.1, 0.15) is 5.56 Å². The minimum Gasteiger partial charge on any atom is -0.423 e. The first-order valence-corrected chi connectivity index (χ1v) is 6.68. The van der Waals surface area contributed by atoms with E-state index in [0.717, 1.165) is 11.1 Å². The molecule has 1 aromatic heterocycles. The summed E-state index contributed by atoms with van der Waals surface area (Å²) < 4.78 is 2.00. The number of rotatable bonds is 3. The van der Waals surface area contributed by atoms with E-state index >= 15 is 0 Å². The summed E-state index contributed by atoms with van der Waals surface area (Å²) in [4.78, 5) is 11.8. The Morgan fingerprint density at radius 1 is 0.952 bits per heavy atom. The molecular weight excluding hydrogens is 265 g/mol. The highest BCUT2D eigenvalue weighted by atomic mass is 16.4. The first-order valence-electron chi connectivity index (χ1n) is 6.68. The molecule has 4 nitrogen and oxygen atoms in total. The molecule has 0 bridgehead atoms. The minimum atomic E-state index is -1.45. The molecule has 21 heavy (non-hydrogen) atoms. The SMILES string of the molecule is O=c1ccn(Cc2ccc(B(O)O)cc2)c2ccccc12. The third-order valence-corrected chi connectivity index (χ3v) is 3.52. The fraction of sp³-hybridized carbons (Fsp3) is 0.0625. The largest absolute Gasteiger partial charge is 0.488 e. The summed E-state index contributed by atoms with van der Waals surface area (Å²) in [7, 11) is -1.45. The van der Waals surface area contributed by atoms with Crippen molar-refractivity contribution in [2.24, 2.45) is 0 Å². The first-order chi connectivity index (χ1) is 10.1. The van der Waals surface area contributed by atoms with Crippen molar-refractivity contribution in [3.63, 3.8) is 0 Å². The Morgan fingerprint density at radius 2 is 1.67 bits per heavy atom. The summed E-state index contributed by atoms with van der Waals surface area (Å²) in [6, 6.07) is 16.1. The third-order valence-electron chi connectivity index (χ3n) is 3.52. The predicted octanol–water partition coefficient (Wildman–Crippen LogP) is 0.730. The van der Waals surface area contributed by atoms with Crippen LogP contribution < -0.4 is 10.9 Å². The number of aromatic nitrogens is 1. The lowest BCUT2D eigenvalue weighted by Gasteiger charge is -2.11. The van der Waals surface area contributed by atoms with E-state index in [2.05, 4.69) is 0 Å². The molecule has 0 amide bonds. The molecule has 3 aromatic rings. The summed E-state index contributed by atoms with van der Waals surface area (Å²) >= 11 is 0. The number of benzene rings is 2. The molecule has 0 saturated carbocycles. The van der Waals surface area contributed by atoms with Crippen LogP contribution in [0.3, 0.4) is 0 Å². The van der Waals surface area contributed by atoms with Gasteiger partial charge in [-0.2, -0.15) is 0 Å². The van der Waals surface area contributed by atoms with Gasteiger partial charge in [-0.15, -0.1) is 0 Å². The highest BCUT2D eigenvalue weighted by Crippen LogP contribution is 2.11. The standard InChI is InChI=1S/C16H14BNO3/c19-16-9-10-18(15-4-2-1-3-14(15)16)11-12-5-7-13(8-6-12)17(20)21/h1-10,20-21H,11H2. The maximum atomic E-state index is 11.8. The lowest BCUT2D eigenvalue weighted by molar-refractivity contribution is 0.426. The van der Waals surface area contributed by atoms with Gasteiger partial charge in [0.1, 0.15) is 0 Å². The van der Waals surface area contributed by atoms with E-state index in [9.17, 15) is 4.79 Å². The van der Waals surface area contributed by atoms with E-state index in [1.807, 2.05) is 41.0 Å². The molecule has 0 unspecified atom stereocenters. The van der Waals surface area contributed by atoms with Crippen LogP contribution in [-0.4, -0.2) is 21.7 Å². The Hall–Kier alpha value is -2.37. The van der Waals surface area contributed by atoms with E-state index in [1.165, 1.54) is 0 Å². The number of hydrogen-bond donors (Lipinski definition) is 2. The lowest BCUT2D eigenvalue weighted by atomic mass is 9.80. The fourth-order valence-electron chi connectivity index (χ4n) is 2.39. The second kappa shape index (κ2) is 5.56. The van der Waals surface area contributed by atoms with Gasteiger partial charge in [0.2, 0.25) is 0 Å². The monoisotopic (exact) mass is 279 g/mol. The molecule has 3 rings (SSSR count). The molecule has 2 aromatic carbocycles. The highest BCUT2D eigenvalue weighted by Gasteiger charge is 2.10. The second-order valence-electron chi connectivity index (χ2n) is 4.94. The molecule has 5 heteroatoms. The maximum absolute atomic E-state index is 11.8. The molecule has 0 radical (unpaired) electrons. The Labute approximate surface area is 122 Å². The third kappa shape index (κ3) is 2.74. The summed E-state index contributed by atoms with van der Waals surface area (Å²) in [5.41, 5.74) is 2.38. The van der Waals surface area contributed by atoms with Crippen LogP contribution in [0.15, 0.2) is 65.6 Å². The number of para-hydroxylation sites is 1. The highest BCUT2D eigenvalue weighted by molar-refractivity contribution is 6.58. The van der Waals surface area contributed by atoms with Gasteiger partial charge in [0.15, 0.2) is 5.43 Å². The number of nitrogens with zero attached hydrogens (tertiary/aromatic N) is 1. The van der Waals surface area contributed by atoms with Crippen molar-refractivity contribution in [2.75, 3.05) is 0 Å². The topological polar surface area (TPSA) is 62.5 Å². The molecular formula is C16H14BNO3. The Bertz CT molecular complexity index is 825. The smallest absolute Gasteiger partial charge is 0.423 e. The summed E-state index contributed by atoms with van der Waals surface area (Å²) in [6.45, 7) is 0.614. The lowest BCUT2D eigenvalue weighted by Crippen LogP contribution is -2.29. The van der Waals surface area contributed by atoms with Gasteiger partial charge >= 0.3 is 7.12 Å². The zero-order valence-electron chi connectivity index (χ0n) is 11.3. The Kier molecular flexibility index (Phi) is 3.60. The zero-order valence-corrected chi connectivity index (χ0v) is 11.3. The van der Waals surface area contributed by atoms with Crippen LogP contribution in [-0.2, 0) is 6.54 Å². The molecule has 2 N–H and O–H groups in total. The normalized spacial score (nSPS) is 10.8. The summed E-state index contributed by atoms with van der Waals surface area (Å²) in [6.07, 6.45) is 1.78. The Balaban J connectivity index is 1.98. The number of pyridine rings is 1. The quantitative estimate of drug-likeness (QED) is 0.695. The Morgan fingerprint density at radius 3 is 2.38 bits per heavy atom. The maximum Gasteiger partial charge on any atom is 0.488 e. The van der Waals surface area contributed by atoms with Crippen molar-refractivity contribution in [1.82, 2.24) is 4.57 Å². The molecule has 0 spiro atoms. The summed E-state index contributed by atoms with van der Waals surface area (Å²) in [5.74, 6) is 0. The van der Waals surface area contributed by atoms with Crippen LogP contribution in [0, 0.1) is 0 Å². The van der Waals surface area contributed by atoms with Gasteiger partial charge < -0.3 is 14.6 Å². The minimum absolute atomic E-state index is 0.0144. The van der Waals surface area contributed by atoms with Crippen molar-refractivity contribution in [2.45, 2.75) is 6.54 Å². The number of hydrogen-bond acceptors (Lipinski definition) is 3. The van der Waals surface area contributed by atoms with Gasteiger partial charge in [-0.05, 0) is 23.2 Å². The predicted molar refractivity (Wildman–Crippen MR) is 83.6 cm³/mol. The molecule has 0 fully saturated rings. The van der Waals surface area contributed by atoms with Crippen molar-refractivity contribution in [1.29, 1.82) is 0 Å². The molecule has 0 atom stereocenters. The van der Waals surface area contributed by atoms with Gasteiger partial charge in [-0.25, -0.2) is 0 Å². The molecule has 1 heterocycles. The van der Waals surface area contributed by atoms with E-state index in [1.54, 1.807) is 24.4 Å². The molecule has 104 valence electrons. The average Bonchev–Trinajstić information content (AvgIpc) is 2.51. The average molecular weight is 279 g/mol. The van der Waals surface area contributed by atoms with Crippen LogP contribution in [0.25, 0.3) is 10.9 Å². The van der Waals surface area contributed by atoms with Gasteiger partial charge in [0.05, 0.1) is 5.52 Å². The van der Waals surface area contributed by atoms with Crippen molar-refractivity contribution in [3.05, 3.63) is 76.6 Å². The van der Waals surface area contributed by atoms with Crippen molar-refractivity contribution >= 4 is 23.5 Å². The second-order valence-corrected chi connectivity index (χ2v) is 4.94. The zero-order chi connectivity index (χ0) is 14.8. The van der Waals surface area contributed by atoms with Crippen LogP contribution in [0.5, 0.6) is 0 Å². The van der Waals surface area contributed by atoms with E-state index < -0.39 is 7.12 Å². The van der Waals surface area contributed by atoms with Crippen LogP contribution in [0.2, 0.25) is 0 Å². The van der Waals surface area contributed by atoms with Crippen LogP contribution in [0.4, 0.5) is 0 Å². The molecule has 0 aliphatic rings.